The molecule has 1 saturated heterocycles. The number of nitrogens with one attached hydrogen (secondary N) is 1. The number of nitrogens with zero attached hydrogens (tertiary/aromatic N) is 4. The molecule has 0 saturated carbocycles. The fourth-order valence-electron chi connectivity index (χ4n) is 5.07. The van der Waals surface area contributed by atoms with E-state index in [1.165, 1.54) is 16.7 Å². The first-order valence-corrected chi connectivity index (χ1v) is 11.9. The van der Waals surface area contributed by atoms with E-state index in [1.54, 1.807) is 0 Å². The average Bonchev–Trinajstić information content (AvgIpc) is 3.30. The largest absolute Gasteiger partial charge is 0.351 e. The second-order valence-electron chi connectivity index (χ2n) is 9.20. The molecule has 2 atom stereocenters. The van der Waals surface area contributed by atoms with Gasteiger partial charge in [0.2, 0.25) is 0 Å². The van der Waals surface area contributed by atoms with E-state index in [2.05, 4.69) is 91.9 Å². The highest BCUT2D eigenvalue weighted by atomic mass is 32.1. The highest BCUT2D eigenvalue weighted by Crippen LogP contribution is 2.44. The Kier molecular flexibility index (Phi) is 5.70. The van der Waals surface area contributed by atoms with Crippen LogP contribution in [0.3, 0.4) is 0 Å². The van der Waals surface area contributed by atoms with Crippen molar-refractivity contribution in [3.63, 3.8) is 0 Å². The summed E-state index contributed by atoms with van der Waals surface area (Å²) >= 11 is 5.92. The lowest BCUT2D eigenvalue weighted by atomic mass is 9.96. The van der Waals surface area contributed by atoms with Crippen LogP contribution in [0.4, 0.5) is 5.69 Å². The lowest BCUT2D eigenvalue weighted by Crippen LogP contribution is -2.29. The van der Waals surface area contributed by atoms with Crippen molar-refractivity contribution in [2.24, 2.45) is 0 Å². The molecule has 1 aliphatic heterocycles. The molecule has 0 aliphatic carbocycles. The first-order valence-electron chi connectivity index (χ1n) is 11.5. The van der Waals surface area contributed by atoms with Gasteiger partial charge in [-0.15, -0.1) is 0 Å². The molecular weight excluding hydrogens is 438 g/mol. The first kappa shape index (κ1) is 22.3. The summed E-state index contributed by atoms with van der Waals surface area (Å²) in [6.45, 7) is 10.6. The third-order valence-corrected chi connectivity index (χ3v) is 6.81. The van der Waals surface area contributed by atoms with Gasteiger partial charge in [0.25, 0.3) is 0 Å². The maximum Gasteiger partial charge on any atom is 0.174 e. The number of aromatic nitrogens is 3. The number of thiocarbonyl (C=S) groups is 1. The van der Waals surface area contributed by atoms with Gasteiger partial charge in [-0.25, -0.2) is 4.98 Å². The molecule has 0 unspecified atom stereocenters. The second-order valence-corrected chi connectivity index (χ2v) is 9.58. The topological polar surface area (TPSA) is 46.0 Å². The van der Waals surface area contributed by atoms with E-state index in [4.69, 9.17) is 22.2 Å². The minimum atomic E-state index is -0.0746. The van der Waals surface area contributed by atoms with Crippen molar-refractivity contribution in [1.82, 2.24) is 19.9 Å². The van der Waals surface area contributed by atoms with Crippen LogP contribution < -0.4 is 10.2 Å². The lowest BCUT2D eigenvalue weighted by Gasteiger charge is -2.28. The average molecular weight is 468 g/mol. The molecule has 4 aromatic rings. The van der Waals surface area contributed by atoms with Gasteiger partial charge in [-0.3, -0.25) is 4.98 Å². The molecule has 3 aromatic heterocycles. The maximum absolute atomic E-state index is 5.92. The van der Waals surface area contributed by atoms with E-state index in [0.29, 0.717) is 5.11 Å². The van der Waals surface area contributed by atoms with E-state index in [0.717, 1.165) is 34.2 Å². The molecule has 1 aromatic carbocycles. The summed E-state index contributed by atoms with van der Waals surface area (Å²) < 4.78 is 2.23. The van der Waals surface area contributed by atoms with Gasteiger partial charge in [0.05, 0.1) is 17.8 Å². The molecule has 5 nitrogen and oxygen atoms in total. The summed E-state index contributed by atoms with van der Waals surface area (Å²) in [6, 6.07) is 19.0. The van der Waals surface area contributed by atoms with E-state index < -0.39 is 0 Å². The Morgan fingerprint density at radius 2 is 1.62 bits per heavy atom. The number of benzene rings is 1. The Hall–Kier alpha value is -3.51. The SMILES string of the molecule is Cc1ccc(-n2c(C)cc([C@H]3[C@@H](c4ccccn4)NC(=S)N3c3cc(C)cc(C)c3)c2C)nc1. The summed E-state index contributed by atoms with van der Waals surface area (Å²) in [5.74, 6) is 0.924. The van der Waals surface area contributed by atoms with Crippen molar-refractivity contribution in [2.75, 3.05) is 4.90 Å². The van der Waals surface area contributed by atoms with Gasteiger partial charge < -0.3 is 14.8 Å². The molecule has 1 aliphatic rings. The summed E-state index contributed by atoms with van der Waals surface area (Å²) in [7, 11) is 0. The van der Waals surface area contributed by atoms with Crippen molar-refractivity contribution in [3.8, 4) is 5.82 Å². The monoisotopic (exact) mass is 467 g/mol. The number of rotatable bonds is 4. The Labute approximate surface area is 206 Å². The van der Waals surface area contributed by atoms with Crippen LogP contribution in [0.15, 0.2) is 67.0 Å². The fraction of sp³-hybridized carbons (Fsp3) is 0.250. The van der Waals surface area contributed by atoms with Crippen LogP contribution in [0.5, 0.6) is 0 Å². The number of anilines is 1. The van der Waals surface area contributed by atoms with Crippen LogP contribution in [0.25, 0.3) is 5.82 Å². The number of pyridine rings is 2. The zero-order chi connectivity index (χ0) is 24.0. The third-order valence-electron chi connectivity index (χ3n) is 6.50. The molecule has 0 radical (unpaired) electrons. The van der Waals surface area contributed by atoms with Crippen molar-refractivity contribution in [3.05, 3.63) is 106 Å². The molecule has 0 bridgehead atoms. The van der Waals surface area contributed by atoms with Gasteiger partial charge in [-0.2, -0.15) is 0 Å². The molecule has 4 heterocycles. The lowest BCUT2D eigenvalue weighted by molar-refractivity contribution is 0.565. The zero-order valence-corrected chi connectivity index (χ0v) is 21.0. The van der Waals surface area contributed by atoms with Crippen LogP contribution in [-0.4, -0.2) is 19.6 Å². The van der Waals surface area contributed by atoms with Crippen molar-refractivity contribution >= 4 is 23.0 Å². The van der Waals surface area contributed by atoms with Gasteiger partial charge in [-0.1, -0.05) is 18.2 Å². The van der Waals surface area contributed by atoms with Gasteiger partial charge in [-0.05, 0) is 105 Å². The molecule has 5 rings (SSSR count). The minimum absolute atomic E-state index is 0.0472. The van der Waals surface area contributed by atoms with Gasteiger partial charge in [0.1, 0.15) is 5.82 Å². The standard InChI is InChI=1S/C28H29N5S/c1-17-9-10-25(30-16-17)32-20(4)15-23(21(32)5)27-26(24-8-6-7-11-29-24)31-28(34)33(27)22-13-18(2)12-19(3)14-22/h6-16,26-27H,1-5H3,(H,31,34)/t26-,27+/m1/s1. The Balaban J connectivity index is 1.69. The Morgan fingerprint density at radius 1 is 0.853 bits per heavy atom. The van der Waals surface area contributed by atoms with Gasteiger partial charge in [0, 0.05) is 29.5 Å². The Morgan fingerprint density at radius 3 is 2.26 bits per heavy atom. The predicted molar refractivity (Wildman–Crippen MR) is 142 cm³/mol. The summed E-state index contributed by atoms with van der Waals surface area (Å²) in [5.41, 5.74) is 9.15. The fourth-order valence-corrected chi connectivity index (χ4v) is 5.42. The first-order chi connectivity index (χ1) is 16.3. The number of hydrogen-bond donors (Lipinski definition) is 1. The highest BCUT2D eigenvalue weighted by molar-refractivity contribution is 7.80. The van der Waals surface area contributed by atoms with Crippen LogP contribution in [0.1, 0.15) is 51.4 Å². The summed E-state index contributed by atoms with van der Waals surface area (Å²) in [5, 5.41) is 4.29. The molecule has 172 valence electrons. The third kappa shape index (κ3) is 3.88. The van der Waals surface area contributed by atoms with Crippen LogP contribution in [-0.2, 0) is 0 Å². The molecule has 0 amide bonds. The summed E-state index contributed by atoms with van der Waals surface area (Å²) in [6.07, 6.45) is 3.76. The van der Waals surface area contributed by atoms with Gasteiger partial charge in [0.15, 0.2) is 5.11 Å². The summed E-state index contributed by atoms with van der Waals surface area (Å²) in [4.78, 5) is 11.6. The maximum atomic E-state index is 5.92. The van der Waals surface area contributed by atoms with E-state index >= 15 is 0 Å². The van der Waals surface area contributed by atoms with E-state index in [1.807, 2.05) is 24.5 Å². The molecule has 0 spiro atoms. The minimum Gasteiger partial charge on any atom is -0.351 e. The smallest absolute Gasteiger partial charge is 0.174 e. The van der Waals surface area contributed by atoms with E-state index in [9.17, 15) is 0 Å². The number of hydrogen-bond acceptors (Lipinski definition) is 3. The quantitative estimate of drug-likeness (QED) is 0.374. The molecule has 6 heteroatoms. The predicted octanol–water partition coefficient (Wildman–Crippen LogP) is 5.99. The Bertz CT molecular complexity index is 1340. The molecular formula is C28H29N5S. The molecule has 1 N–H and O–H groups in total. The van der Waals surface area contributed by atoms with Crippen LogP contribution >= 0.6 is 12.2 Å². The second kappa shape index (κ2) is 8.69. The normalized spacial score (nSPS) is 17.8. The molecule has 34 heavy (non-hydrogen) atoms. The van der Waals surface area contributed by atoms with Crippen molar-refractivity contribution in [2.45, 2.75) is 46.7 Å². The molecule has 1 fully saturated rings. The van der Waals surface area contributed by atoms with Crippen LogP contribution in [0.2, 0.25) is 0 Å². The van der Waals surface area contributed by atoms with E-state index in [-0.39, 0.29) is 12.1 Å². The number of aryl methyl sites for hydroxylation is 4. The van der Waals surface area contributed by atoms with Crippen LogP contribution in [0, 0.1) is 34.6 Å². The zero-order valence-electron chi connectivity index (χ0n) is 20.2. The van der Waals surface area contributed by atoms with Crippen molar-refractivity contribution in [1.29, 1.82) is 0 Å². The highest BCUT2D eigenvalue weighted by Gasteiger charge is 2.42. The van der Waals surface area contributed by atoms with Crippen molar-refractivity contribution < 1.29 is 0 Å². The van der Waals surface area contributed by atoms with Gasteiger partial charge >= 0.3 is 0 Å².